The number of hydrogen-bond donors (Lipinski definition) is 1. The fourth-order valence-corrected chi connectivity index (χ4v) is 2.30. The highest BCUT2D eigenvalue weighted by molar-refractivity contribution is 5.76. The van der Waals surface area contributed by atoms with Gasteiger partial charge in [0, 0.05) is 25.2 Å². The summed E-state index contributed by atoms with van der Waals surface area (Å²) in [6.07, 6.45) is 3.86. The van der Waals surface area contributed by atoms with Crippen molar-refractivity contribution in [2.45, 2.75) is 39.8 Å². The van der Waals surface area contributed by atoms with Crippen LogP contribution >= 0.6 is 0 Å². The zero-order chi connectivity index (χ0) is 16.8. The van der Waals surface area contributed by atoms with Gasteiger partial charge in [-0.15, -0.1) is 0 Å². The average molecular weight is 321 g/mol. The highest BCUT2D eigenvalue weighted by Gasteiger charge is 2.09. The van der Waals surface area contributed by atoms with Crippen LogP contribution in [-0.2, 0) is 24.3 Å². The minimum atomic E-state index is -0.618. The molecule has 0 saturated carbocycles. The first-order chi connectivity index (χ1) is 11.0. The van der Waals surface area contributed by atoms with Gasteiger partial charge in [0.15, 0.2) is 0 Å². The number of amides is 1. The molecule has 0 radical (unpaired) electrons. The van der Waals surface area contributed by atoms with Crippen LogP contribution in [0.25, 0.3) is 0 Å². The number of aromatic nitrogens is 2. The summed E-state index contributed by atoms with van der Waals surface area (Å²) in [4.78, 5) is 16.0. The number of benzene rings is 1. The minimum Gasteiger partial charge on any atom is -0.350 e. The second-order valence-corrected chi connectivity index (χ2v) is 5.94. The molecule has 1 amide bonds. The lowest BCUT2D eigenvalue weighted by Gasteiger charge is -2.11. The summed E-state index contributed by atoms with van der Waals surface area (Å²) in [6, 6.07) is 3.40. The molecule has 23 heavy (non-hydrogen) atoms. The van der Waals surface area contributed by atoms with Gasteiger partial charge in [-0.1, -0.05) is 19.9 Å². The van der Waals surface area contributed by atoms with Gasteiger partial charge in [-0.05, 0) is 24.0 Å². The van der Waals surface area contributed by atoms with Crippen LogP contribution in [0.4, 0.5) is 8.78 Å². The van der Waals surface area contributed by atoms with E-state index in [-0.39, 0.29) is 18.7 Å². The van der Waals surface area contributed by atoms with Gasteiger partial charge in [-0.3, -0.25) is 4.79 Å². The molecule has 0 saturated heterocycles. The third-order valence-electron chi connectivity index (χ3n) is 3.46. The van der Waals surface area contributed by atoms with E-state index in [1.807, 2.05) is 4.57 Å². The molecule has 4 nitrogen and oxygen atoms in total. The van der Waals surface area contributed by atoms with Crippen LogP contribution in [0.2, 0.25) is 0 Å². The third-order valence-corrected chi connectivity index (χ3v) is 3.46. The standard InChI is InChI=1S/C17H21F2N3O/c1-12(2)10-22-11-20-8-15(22)9-21-17(23)6-4-13-3-5-14(18)7-16(13)19/h3,5,7-8,11-12H,4,6,9-10H2,1-2H3,(H,21,23). The highest BCUT2D eigenvalue weighted by atomic mass is 19.1. The van der Waals surface area contributed by atoms with Gasteiger partial charge in [0.25, 0.3) is 0 Å². The van der Waals surface area contributed by atoms with Crippen LogP contribution in [0.1, 0.15) is 31.5 Å². The molecule has 0 unspecified atom stereocenters. The molecule has 1 aromatic carbocycles. The maximum atomic E-state index is 13.5. The predicted octanol–water partition coefficient (Wildman–Crippen LogP) is 3.07. The first-order valence-electron chi connectivity index (χ1n) is 7.65. The van der Waals surface area contributed by atoms with Crippen LogP contribution in [0.15, 0.2) is 30.7 Å². The number of nitrogens with zero attached hydrogens (tertiary/aromatic N) is 2. The molecule has 2 rings (SSSR count). The lowest BCUT2D eigenvalue weighted by atomic mass is 10.1. The van der Waals surface area contributed by atoms with Crippen molar-refractivity contribution >= 4 is 5.91 Å². The van der Waals surface area contributed by atoms with Crippen molar-refractivity contribution in [2.24, 2.45) is 5.92 Å². The zero-order valence-electron chi connectivity index (χ0n) is 13.4. The lowest BCUT2D eigenvalue weighted by molar-refractivity contribution is -0.121. The smallest absolute Gasteiger partial charge is 0.220 e. The Bertz CT molecular complexity index is 668. The maximum Gasteiger partial charge on any atom is 0.220 e. The van der Waals surface area contributed by atoms with E-state index < -0.39 is 11.6 Å². The molecule has 2 aromatic rings. The molecule has 0 bridgehead atoms. The SMILES string of the molecule is CC(C)Cn1cncc1CNC(=O)CCc1ccc(F)cc1F. The van der Waals surface area contributed by atoms with Gasteiger partial charge >= 0.3 is 0 Å². The van der Waals surface area contributed by atoms with E-state index in [4.69, 9.17) is 0 Å². The van der Waals surface area contributed by atoms with E-state index in [0.29, 0.717) is 18.0 Å². The van der Waals surface area contributed by atoms with Crippen LogP contribution in [0, 0.1) is 17.6 Å². The van der Waals surface area contributed by atoms with Crippen molar-refractivity contribution in [3.05, 3.63) is 53.6 Å². The Morgan fingerprint density at radius 3 is 2.83 bits per heavy atom. The molecule has 124 valence electrons. The van der Waals surface area contributed by atoms with Crippen molar-refractivity contribution in [2.75, 3.05) is 0 Å². The minimum absolute atomic E-state index is 0.154. The van der Waals surface area contributed by atoms with E-state index in [2.05, 4.69) is 24.1 Å². The quantitative estimate of drug-likeness (QED) is 0.852. The number of rotatable bonds is 7. The van der Waals surface area contributed by atoms with Gasteiger partial charge in [0.1, 0.15) is 11.6 Å². The second-order valence-electron chi connectivity index (χ2n) is 5.94. The fourth-order valence-electron chi connectivity index (χ4n) is 2.30. The normalized spacial score (nSPS) is 11.0. The summed E-state index contributed by atoms with van der Waals surface area (Å²) in [7, 11) is 0. The molecule has 0 spiro atoms. The Kier molecular flexibility index (Phi) is 5.84. The Morgan fingerprint density at radius 2 is 2.13 bits per heavy atom. The van der Waals surface area contributed by atoms with Gasteiger partial charge in [-0.2, -0.15) is 0 Å². The topological polar surface area (TPSA) is 46.9 Å². The molecule has 0 fully saturated rings. The van der Waals surface area contributed by atoms with E-state index in [0.717, 1.165) is 18.3 Å². The molecule has 0 aliphatic heterocycles. The number of nitrogens with one attached hydrogen (secondary N) is 1. The molecule has 0 aliphatic rings. The first-order valence-corrected chi connectivity index (χ1v) is 7.65. The van der Waals surface area contributed by atoms with Crippen molar-refractivity contribution in [1.29, 1.82) is 0 Å². The number of carbonyl (C=O) groups is 1. The predicted molar refractivity (Wildman–Crippen MR) is 83.6 cm³/mol. The summed E-state index contributed by atoms with van der Waals surface area (Å²) in [5.74, 6) is -0.923. The number of halogens is 2. The fraction of sp³-hybridized carbons (Fsp3) is 0.412. The largest absolute Gasteiger partial charge is 0.350 e. The Balaban J connectivity index is 1.82. The van der Waals surface area contributed by atoms with E-state index in [1.54, 1.807) is 12.5 Å². The van der Waals surface area contributed by atoms with Crippen molar-refractivity contribution in [1.82, 2.24) is 14.9 Å². The molecular weight excluding hydrogens is 300 g/mol. The van der Waals surface area contributed by atoms with Gasteiger partial charge in [0.05, 0.1) is 18.6 Å². The van der Waals surface area contributed by atoms with E-state index in [9.17, 15) is 13.6 Å². The average Bonchev–Trinajstić information content (AvgIpc) is 2.90. The summed E-state index contributed by atoms with van der Waals surface area (Å²) in [5, 5.41) is 2.80. The number of hydrogen-bond acceptors (Lipinski definition) is 2. The lowest BCUT2D eigenvalue weighted by Crippen LogP contribution is -2.24. The molecular formula is C17H21F2N3O. The van der Waals surface area contributed by atoms with Gasteiger partial charge in [0.2, 0.25) is 5.91 Å². The maximum absolute atomic E-state index is 13.5. The highest BCUT2D eigenvalue weighted by Crippen LogP contribution is 2.11. The van der Waals surface area contributed by atoms with Crippen LogP contribution in [0.3, 0.4) is 0 Å². The number of imidazole rings is 1. The molecule has 1 heterocycles. The van der Waals surface area contributed by atoms with Crippen LogP contribution < -0.4 is 5.32 Å². The summed E-state index contributed by atoms with van der Waals surface area (Å²) in [5.41, 5.74) is 1.27. The molecule has 0 aliphatic carbocycles. The zero-order valence-corrected chi connectivity index (χ0v) is 13.4. The van der Waals surface area contributed by atoms with Crippen molar-refractivity contribution in [3.63, 3.8) is 0 Å². The number of aryl methyl sites for hydroxylation is 1. The molecule has 6 heteroatoms. The van der Waals surface area contributed by atoms with Gasteiger partial charge in [-0.25, -0.2) is 13.8 Å². The Hall–Kier alpha value is -2.24. The number of carbonyl (C=O) groups excluding carboxylic acids is 1. The Labute approximate surface area is 134 Å². The summed E-state index contributed by atoms with van der Waals surface area (Å²) < 4.78 is 28.3. The van der Waals surface area contributed by atoms with E-state index in [1.165, 1.54) is 12.1 Å². The van der Waals surface area contributed by atoms with Crippen LogP contribution in [-0.4, -0.2) is 15.5 Å². The van der Waals surface area contributed by atoms with Gasteiger partial charge < -0.3 is 9.88 Å². The molecule has 1 N–H and O–H groups in total. The van der Waals surface area contributed by atoms with Crippen molar-refractivity contribution < 1.29 is 13.6 Å². The molecule has 1 aromatic heterocycles. The van der Waals surface area contributed by atoms with E-state index >= 15 is 0 Å². The first kappa shape index (κ1) is 17.1. The summed E-state index contributed by atoms with van der Waals surface area (Å²) >= 11 is 0. The monoisotopic (exact) mass is 321 g/mol. The van der Waals surface area contributed by atoms with Crippen LogP contribution in [0.5, 0.6) is 0 Å². The second kappa shape index (κ2) is 7.85. The summed E-state index contributed by atoms with van der Waals surface area (Å²) in [6.45, 7) is 5.45. The Morgan fingerprint density at radius 1 is 1.35 bits per heavy atom. The third kappa shape index (κ3) is 5.16. The molecule has 0 atom stereocenters. The van der Waals surface area contributed by atoms with Crippen molar-refractivity contribution in [3.8, 4) is 0 Å².